The first-order chi connectivity index (χ1) is 13.9. The lowest BCUT2D eigenvalue weighted by molar-refractivity contribution is 0.179. The number of thiophene rings is 1. The van der Waals surface area contributed by atoms with E-state index in [4.69, 9.17) is 4.42 Å². The van der Waals surface area contributed by atoms with Crippen LogP contribution in [0.2, 0.25) is 0 Å². The zero-order valence-corrected chi connectivity index (χ0v) is 19.0. The minimum atomic E-state index is -0.0317. The Labute approximate surface area is 178 Å². The Hall–Kier alpha value is -1.86. The number of aliphatic imine (C=N–C) groups is 1. The van der Waals surface area contributed by atoms with Gasteiger partial charge in [0.05, 0.1) is 6.20 Å². The van der Waals surface area contributed by atoms with Crippen LogP contribution in [0.3, 0.4) is 0 Å². The lowest BCUT2D eigenvalue weighted by Crippen LogP contribution is -2.42. The molecule has 160 valence electrons. The predicted octanol–water partition coefficient (Wildman–Crippen LogP) is 4.00. The Balaban J connectivity index is 1.44. The second-order valence-electron chi connectivity index (χ2n) is 8.74. The van der Waals surface area contributed by atoms with E-state index in [0.29, 0.717) is 18.4 Å². The van der Waals surface area contributed by atoms with Crippen LogP contribution in [-0.2, 0) is 18.5 Å². The molecule has 0 aliphatic carbocycles. The van der Waals surface area contributed by atoms with E-state index in [-0.39, 0.29) is 5.41 Å². The summed E-state index contributed by atoms with van der Waals surface area (Å²) in [5.41, 5.74) is -0.0317. The van der Waals surface area contributed by atoms with Crippen LogP contribution in [0.1, 0.15) is 57.1 Å². The average molecular weight is 418 g/mol. The number of guanidine groups is 1. The Morgan fingerprint density at radius 1 is 1.31 bits per heavy atom. The number of rotatable bonds is 7. The van der Waals surface area contributed by atoms with Crippen molar-refractivity contribution in [3.05, 3.63) is 40.2 Å². The molecule has 2 aromatic rings. The lowest BCUT2D eigenvalue weighted by Gasteiger charge is -2.32. The van der Waals surface area contributed by atoms with Crippen molar-refractivity contribution in [3.8, 4) is 0 Å². The third kappa shape index (κ3) is 6.85. The molecular weight excluding hydrogens is 382 g/mol. The third-order valence-electron chi connectivity index (χ3n) is 5.23. The second kappa shape index (κ2) is 10.3. The Kier molecular flexibility index (Phi) is 7.72. The summed E-state index contributed by atoms with van der Waals surface area (Å²) in [5.74, 6) is 3.08. The molecular formula is C22H35N5OS. The van der Waals surface area contributed by atoms with Crippen molar-refractivity contribution in [1.82, 2.24) is 20.5 Å². The zero-order chi connectivity index (χ0) is 20.7. The SMILES string of the molecule is CCNC(=NCc1ncc(C(C)(C)C)o1)NCC1CCN(Cc2cccs2)CC1. The number of oxazole rings is 1. The highest BCUT2D eigenvalue weighted by atomic mass is 32.1. The number of hydrogen-bond donors (Lipinski definition) is 2. The van der Waals surface area contributed by atoms with Crippen molar-refractivity contribution in [1.29, 1.82) is 0 Å². The Morgan fingerprint density at radius 3 is 2.72 bits per heavy atom. The van der Waals surface area contributed by atoms with Gasteiger partial charge < -0.3 is 15.1 Å². The topological polar surface area (TPSA) is 65.7 Å². The van der Waals surface area contributed by atoms with Gasteiger partial charge in [0.15, 0.2) is 5.96 Å². The molecule has 0 unspecified atom stereocenters. The van der Waals surface area contributed by atoms with Crippen LogP contribution < -0.4 is 10.6 Å². The summed E-state index contributed by atoms with van der Waals surface area (Å²) >= 11 is 1.85. The summed E-state index contributed by atoms with van der Waals surface area (Å²) in [4.78, 5) is 13.1. The van der Waals surface area contributed by atoms with Gasteiger partial charge in [-0.1, -0.05) is 26.8 Å². The number of nitrogens with zero attached hydrogens (tertiary/aromatic N) is 3. The molecule has 0 spiro atoms. The number of piperidine rings is 1. The molecule has 0 aromatic carbocycles. The first-order valence-corrected chi connectivity index (χ1v) is 11.5. The molecule has 7 heteroatoms. The van der Waals surface area contributed by atoms with E-state index >= 15 is 0 Å². The van der Waals surface area contributed by atoms with E-state index in [1.807, 2.05) is 17.5 Å². The van der Waals surface area contributed by atoms with E-state index in [9.17, 15) is 0 Å². The fourth-order valence-electron chi connectivity index (χ4n) is 3.43. The molecule has 0 saturated carbocycles. The first-order valence-electron chi connectivity index (χ1n) is 10.7. The highest BCUT2D eigenvalue weighted by molar-refractivity contribution is 7.09. The van der Waals surface area contributed by atoms with Crippen molar-refractivity contribution in [2.75, 3.05) is 26.2 Å². The zero-order valence-electron chi connectivity index (χ0n) is 18.2. The van der Waals surface area contributed by atoms with Crippen LogP contribution >= 0.6 is 11.3 Å². The van der Waals surface area contributed by atoms with Gasteiger partial charge in [-0.05, 0) is 50.2 Å². The number of likely N-dealkylation sites (tertiary alicyclic amines) is 1. The molecule has 3 rings (SSSR count). The molecule has 2 N–H and O–H groups in total. The number of hydrogen-bond acceptors (Lipinski definition) is 5. The summed E-state index contributed by atoms with van der Waals surface area (Å²) < 4.78 is 5.85. The van der Waals surface area contributed by atoms with Crippen LogP contribution in [0.15, 0.2) is 33.1 Å². The van der Waals surface area contributed by atoms with E-state index in [2.05, 4.69) is 70.7 Å². The van der Waals surface area contributed by atoms with E-state index < -0.39 is 0 Å². The van der Waals surface area contributed by atoms with Gasteiger partial charge in [0.2, 0.25) is 5.89 Å². The van der Waals surface area contributed by atoms with Gasteiger partial charge in [-0.2, -0.15) is 0 Å². The lowest BCUT2D eigenvalue weighted by atomic mass is 9.94. The molecule has 0 amide bonds. The molecule has 3 heterocycles. The highest BCUT2D eigenvalue weighted by Gasteiger charge is 2.20. The minimum absolute atomic E-state index is 0.0317. The monoisotopic (exact) mass is 417 g/mol. The maximum absolute atomic E-state index is 5.85. The molecule has 0 atom stereocenters. The van der Waals surface area contributed by atoms with Crippen LogP contribution in [0.5, 0.6) is 0 Å². The normalized spacial score (nSPS) is 16.9. The molecule has 1 aliphatic heterocycles. The van der Waals surface area contributed by atoms with E-state index in [0.717, 1.165) is 31.4 Å². The molecule has 0 radical (unpaired) electrons. The minimum Gasteiger partial charge on any atom is -0.443 e. The molecule has 29 heavy (non-hydrogen) atoms. The maximum atomic E-state index is 5.85. The van der Waals surface area contributed by atoms with Gasteiger partial charge in [0.25, 0.3) is 0 Å². The Morgan fingerprint density at radius 2 is 2.10 bits per heavy atom. The summed E-state index contributed by atoms with van der Waals surface area (Å²) in [5, 5.41) is 9.00. The fraction of sp³-hybridized carbons (Fsp3) is 0.636. The average Bonchev–Trinajstić information content (AvgIpc) is 3.37. The quantitative estimate of drug-likeness (QED) is 0.526. The van der Waals surface area contributed by atoms with Gasteiger partial charge in [-0.3, -0.25) is 4.90 Å². The molecule has 2 aromatic heterocycles. The fourth-order valence-corrected chi connectivity index (χ4v) is 4.18. The van der Waals surface area contributed by atoms with Gasteiger partial charge >= 0.3 is 0 Å². The molecule has 1 fully saturated rings. The smallest absolute Gasteiger partial charge is 0.216 e. The van der Waals surface area contributed by atoms with Crippen LogP contribution in [0, 0.1) is 5.92 Å². The van der Waals surface area contributed by atoms with Crippen LogP contribution in [-0.4, -0.2) is 42.0 Å². The van der Waals surface area contributed by atoms with E-state index in [1.54, 1.807) is 0 Å². The summed E-state index contributed by atoms with van der Waals surface area (Å²) in [7, 11) is 0. The van der Waals surface area contributed by atoms with Gasteiger partial charge in [-0.25, -0.2) is 9.98 Å². The van der Waals surface area contributed by atoms with Crippen molar-refractivity contribution in [3.63, 3.8) is 0 Å². The van der Waals surface area contributed by atoms with Crippen molar-refractivity contribution < 1.29 is 4.42 Å². The molecule has 1 aliphatic rings. The van der Waals surface area contributed by atoms with Crippen LogP contribution in [0.25, 0.3) is 0 Å². The maximum Gasteiger partial charge on any atom is 0.216 e. The van der Waals surface area contributed by atoms with Gasteiger partial charge in [-0.15, -0.1) is 11.3 Å². The Bertz CT molecular complexity index is 755. The number of nitrogens with one attached hydrogen (secondary N) is 2. The second-order valence-corrected chi connectivity index (χ2v) is 9.78. The van der Waals surface area contributed by atoms with Gasteiger partial charge in [0, 0.05) is 29.9 Å². The molecule has 0 bridgehead atoms. The van der Waals surface area contributed by atoms with Crippen molar-refractivity contribution >= 4 is 17.3 Å². The summed E-state index contributed by atoms with van der Waals surface area (Å²) in [6.07, 6.45) is 4.27. The van der Waals surface area contributed by atoms with E-state index in [1.165, 1.54) is 30.8 Å². The largest absolute Gasteiger partial charge is 0.443 e. The number of aromatic nitrogens is 1. The van der Waals surface area contributed by atoms with Crippen molar-refractivity contribution in [2.45, 2.75) is 59.0 Å². The highest BCUT2D eigenvalue weighted by Crippen LogP contribution is 2.23. The van der Waals surface area contributed by atoms with Crippen LogP contribution in [0.4, 0.5) is 0 Å². The summed E-state index contributed by atoms with van der Waals surface area (Å²) in [6.45, 7) is 14.1. The molecule has 1 saturated heterocycles. The van der Waals surface area contributed by atoms with Gasteiger partial charge in [0.1, 0.15) is 12.3 Å². The molecule has 6 nitrogen and oxygen atoms in total. The first kappa shape index (κ1) is 21.8. The summed E-state index contributed by atoms with van der Waals surface area (Å²) in [6, 6.07) is 4.37. The standard InChI is InChI=1S/C22H35N5OS/c1-5-23-21(26-15-20-24-14-19(28-20)22(2,3)4)25-13-17-8-10-27(11-9-17)16-18-7-6-12-29-18/h6-7,12,14,17H,5,8-11,13,15-16H2,1-4H3,(H2,23,25,26). The predicted molar refractivity (Wildman–Crippen MR) is 120 cm³/mol. The van der Waals surface area contributed by atoms with Crippen molar-refractivity contribution in [2.24, 2.45) is 10.9 Å². The third-order valence-corrected chi connectivity index (χ3v) is 6.10.